The van der Waals surface area contributed by atoms with Gasteiger partial charge < -0.3 is 10.1 Å². The number of nitrogens with zero attached hydrogens (tertiary/aromatic N) is 2. The van der Waals surface area contributed by atoms with Crippen LogP contribution in [0.3, 0.4) is 0 Å². The fourth-order valence-corrected chi connectivity index (χ4v) is 2.07. The Hall–Kier alpha value is -3.35. The smallest absolute Gasteiger partial charge is 0.343 e. The standard InChI is InChI=1S/C17H16N4O3/c1-21-17(23)19-15(20-21)16(22)18-13-7-9-14(10-8-13)24-11-12-5-3-2-4-6-12/h2-10H,11H2,1H3,(H,18,22)(H,19,20,23). The molecule has 3 aromatic rings. The molecule has 0 atom stereocenters. The molecular formula is C17H16N4O3. The number of anilines is 1. The number of benzene rings is 2. The maximum atomic E-state index is 12.0. The summed E-state index contributed by atoms with van der Waals surface area (Å²) >= 11 is 0. The van der Waals surface area contributed by atoms with Gasteiger partial charge in [-0.15, -0.1) is 5.10 Å². The monoisotopic (exact) mass is 324 g/mol. The highest BCUT2D eigenvalue weighted by Gasteiger charge is 2.11. The number of aromatic nitrogens is 3. The predicted molar refractivity (Wildman–Crippen MR) is 89.0 cm³/mol. The van der Waals surface area contributed by atoms with Crippen LogP contribution in [0.2, 0.25) is 0 Å². The third-order valence-corrected chi connectivity index (χ3v) is 3.34. The first-order valence-corrected chi connectivity index (χ1v) is 7.33. The van der Waals surface area contributed by atoms with Gasteiger partial charge in [0.05, 0.1) is 0 Å². The minimum Gasteiger partial charge on any atom is -0.489 e. The molecule has 3 rings (SSSR count). The van der Waals surface area contributed by atoms with Gasteiger partial charge in [0.15, 0.2) is 0 Å². The number of amides is 1. The van der Waals surface area contributed by atoms with Gasteiger partial charge in [0.2, 0.25) is 5.82 Å². The second-order valence-corrected chi connectivity index (χ2v) is 5.16. The SMILES string of the molecule is Cn1nc(C(=O)Nc2ccc(OCc3ccccc3)cc2)[nH]c1=O. The summed E-state index contributed by atoms with van der Waals surface area (Å²) in [6, 6.07) is 16.8. The highest BCUT2D eigenvalue weighted by atomic mass is 16.5. The second-order valence-electron chi connectivity index (χ2n) is 5.16. The maximum Gasteiger partial charge on any atom is 0.343 e. The average molecular weight is 324 g/mol. The van der Waals surface area contributed by atoms with E-state index < -0.39 is 11.6 Å². The van der Waals surface area contributed by atoms with Gasteiger partial charge in [0.25, 0.3) is 5.91 Å². The van der Waals surface area contributed by atoms with Crippen LogP contribution >= 0.6 is 0 Å². The molecule has 1 aromatic heterocycles. The Labute approximate surface area is 137 Å². The molecule has 0 unspecified atom stereocenters. The lowest BCUT2D eigenvalue weighted by Gasteiger charge is -2.08. The van der Waals surface area contributed by atoms with E-state index in [0.29, 0.717) is 18.0 Å². The number of aryl methyl sites for hydroxylation is 1. The Kier molecular flexibility index (Phi) is 4.42. The topological polar surface area (TPSA) is 89.0 Å². The van der Waals surface area contributed by atoms with E-state index in [1.807, 2.05) is 30.3 Å². The number of H-pyrrole nitrogens is 1. The molecule has 0 saturated carbocycles. The Morgan fingerprint density at radius 2 is 1.88 bits per heavy atom. The largest absolute Gasteiger partial charge is 0.489 e. The van der Waals surface area contributed by atoms with Crippen molar-refractivity contribution in [3.63, 3.8) is 0 Å². The van der Waals surface area contributed by atoms with Gasteiger partial charge in [-0.05, 0) is 29.8 Å². The van der Waals surface area contributed by atoms with Crippen molar-refractivity contribution >= 4 is 11.6 Å². The Morgan fingerprint density at radius 3 is 2.50 bits per heavy atom. The molecule has 7 nitrogen and oxygen atoms in total. The molecule has 2 aromatic carbocycles. The van der Waals surface area contributed by atoms with Gasteiger partial charge in [0.1, 0.15) is 12.4 Å². The zero-order chi connectivity index (χ0) is 16.9. The first-order valence-electron chi connectivity index (χ1n) is 7.33. The summed E-state index contributed by atoms with van der Waals surface area (Å²) in [6.07, 6.45) is 0. The number of carbonyl (C=O) groups is 1. The molecule has 0 aliphatic rings. The molecule has 0 aliphatic carbocycles. The Balaban J connectivity index is 1.60. The van der Waals surface area contributed by atoms with E-state index in [1.165, 1.54) is 7.05 Å². The van der Waals surface area contributed by atoms with Crippen molar-refractivity contribution in [2.24, 2.45) is 7.05 Å². The number of hydrogen-bond donors (Lipinski definition) is 2. The molecule has 122 valence electrons. The van der Waals surface area contributed by atoms with Crippen LogP contribution in [0.5, 0.6) is 5.75 Å². The van der Waals surface area contributed by atoms with Gasteiger partial charge in [-0.1, -0.05) is 30.3 Å². The summed E-state index contributed by atoms with van der Waals surface area (Å²) in [5.74, 6) is 0.181. The third-order valence-electron chi connectivity index (χ3n) is 3.34. The maximum absolute atomic E-state index is 12.0. The fraction of sp³-hybridized carbons (Fsp3) is 0.118. The van der Waals surface area contributed by atoms with Crippen molar-refractivity contribution in [2.45, 2.75) is 6.61 Å². The zero-order valence-corrected chi connectivity index (χ0v) is 13.0. The van der Waals surface area contributed by atoms with Crippen molar-refractivity contribution in [3.8, 4) is 5.75 Å². The molecule has 1 heterocycles. The minimum atomic E-state index is -0.481. The van der Waals surface area contributed by atoms with Crippen LogP contribution in [0.4, 0.5) is 5.69 Å². The second kappa shape index (κ2) is 6.82. The van der Waals surface area contributed by atoms with E-state index in [-0.39, 0.29) is 5.82 Å². The minimum absolute atomic E-state index is 0.0353. The molecular weight excluding hydrogens is 308 g/mol. The number of aromatic amines is 1. The normalized spacial score (nSPS) is 10.4. The Bertz CT molecular complexity index is 882. The molecule has 0 aliphatic heterocycles. The third kappa shape index (κ3) is 3.70. The van der Waals surface area contributed by atoms with E-state index in [0.717, 1.165) is 10.2 Å². The first kappa shape index (κ1) is 15.5. The van der Waals surface area contributed by atoms with Gasteiger partial charge in [-0.25, -0.2) is 9.48 Å². The molecule has 1 amide bonds. The van der Waals surface area contributed by atoms with E-state index in [1.54, 1.807) is 24.3 Å². The highest BCUT2D eigenvalue weighted by Crippen LogP contribution is 2.17. The molecule has 0 fully saturated rings. The first-order chi connectivity index (χ1) is 11.6. The summed E-state index contributed by atoms with van der Waals surface area (Å²) in [5.41, 5.74) is 1.22. The van der Waals surface area contributed by atoms with Gasteiger partial charge >= 0.3 is 5.69 Å². The number of nitrogens with one attached hydrogen (secondary N) is 2. The van der Waals surface area contributed by atoms with Crippen molar-refractivity contribution in [3.05, 3.63) is 76.5 Å². The van der Waals surface area contributed by atoms with Crippen LogP contribution in [0.1, 0.15) is 16.2 Å². The lowest BCUT2D eigenvalue weighted by Crippen LogP contribution is -2.15. The molecule has 0 radical (unpaired) electrons. The van der Waals surface area contributed by atoms with Crippen LogP contribution < -0.4 is 15.7 Å². The summed E-state index contributed by atoms with van der Waals surface area (Å²) in [5, 5.41) is 6.46. The molecule has 0 spiro atoms. The van der Waals surface area contributed by atoms with Crippen molar-refractivity contribution in [2.75, 3.05) is 5.32 Å². The van der Waals surface area contributed by atoms with Gasteiger partial charge in [-0.2, -0.15) is 0 Å². The summed E-state index contributed by atoms with van der Waals surface area (Å²) < 4.78 is 6.74. The lowest BCUT2D eigenvalue weighted by molar-refractivity contribution is 0.101. The predicted octanol–water partition coefficient (Wildman–Crippen LogP) is 1.94. The molecule has 0 bridgehead atoms. The van der Waals surface area contributed by atoms with Crippen LogP contribution in [-0.2, 0) is 13.7 Å². The average Bonchev–Trinajstić information content (AvgIpc) is 2.94. The molecule has 7 heteroatoms. The number of carbonyl (C=O) groups excluding carboxylic acids is 1. The van der Waals surface area contributed by atoms with E-state index in [9.17, 15) is 9.59 Å². The van der Waals surface area contributed by atoms with E-state index in [4.69, 9.17) is 4.74 Å². The van der Waals surface area contributed by atoms with Crippen molar-refractivity contribution < 1.29 is 9.53 Å². The van der Waals surface area contributed by atoms with Gasteiger partial charge in [0, 0.05) is 12.7 Å². The van der Waals surface area contributed by atoms with Crippen LogP contribution in [0.15, 0.2) is 59.4 Å². The fourth-order valence-electron chi connectivity index (χ4n) is 2.07. The van der Waals surface area contributed by atoms with E-state index >= 15 is 0 Å². The number of rotatable bonds is 5. The number of ether oxygens (including phenoxy) is 1. The quantitative estimate of drug-likeness (QED) is 0.750. The van der Waals surface area contributed by atoms with Gasteiger partial charge in [-0.3, -0.25) is 9.78 Å². The van der Waals surface area contributed by atoms with Crippen molar-refractivity contribution in [1.29, 1.82) is 0 Å². The summed E-state index contributed by atoms with van der Waals surface area (Å²) in [4.78, 5) is 25.6. The summed E-state index contributed by atoms with van der Waals surface area (Å²) in [7, 11) is 1.47. The zero-order valence-electron chi connectivity index (χ0n) is 13.0. The summed E-state index contributed by atoms with van der Waals surface area (Å²) in [6.45, 7) is 0.474. The van der Waals surface area contributed by atoms with Crippen LogP contribution in [-0.4, -0.2) is 20.7 Å². The number of hydrogen-bond acceptors (Lipinski definition) is 4. The van der Waals surface area contributed by atoms with Crippen LogP contribution in [0.25, 0.3) is 0 Å². The molecule has 2 N–H and O–H groups in total. The lowest BCUT2D eigenvalue weighted by atomic mass is 10.2. The molecule has 24 heavy (non-hydrogen) atoms. The van der Waals surface area contributed by atoms with Crippen molar-refractivity contribution in [1.82, 2.24) is 14.8 Å². The molecule has 0 saturated heterocycles. The Morgan fingerprint density at radius 1 is 1.17 bits per heavy atom. The van der Waals surface area contributed by atoms with E-state index in [2.05, 4.69) is 15.4 Å². The van der Waals surface area contributed by atoms with Crippen LogP contribution in [0, 0.1) is 0 Å². The highest BCUT2D eigenvalue weighted by molar-refractivity contribution is 6.01.